The molecule has 1 rings (SSSR count). The molecule has 1 amide bonds. The molecule has 1 N–H and O–H groups in total. The first kappa shape index (κ1) is 11.9. The number of alkyl carbamates (subject to hydrolysis) is 1. The van der Waals surface area contributed by atoms with Crippen LogP contribution in [0.15, 0.2) is 12.8 Å². The highest BCUT2D eigenvalue weighted by atomic mass is 16.6. The Hall–Kier alpha value is -1.19. The van der Waals surface area contributed by atoms with Gasteiger partial charge < -0.3 is 14.8 Å². The van der Waals surface area contributed by atoms with Gasteiger partial charge in [0.05, 0.1) is 6.26 Å². The summed E-state index contributed by atoms with van der Waals surface area (Å²) in [4.78, 5) is 11.3. The maximum Gasteiger partial charge on any atom is 0.407 e. The highest BCUT2D eigenvalue weighted by Gasteiger charge is 2.32. The third-order valence-corrected chi connectivity index (χ3v) is 2.10. The van der Waals surface area contributed by atoms with E-state index in [1.165, 1.54) is 6.26 Å². The van der Waals surface area contributed by atoms with Crippen molar-refractivity contribution in [3.8, 4) is 0 Å². The minimum absolute atomic E-state index is 0.171. The van der Waals surface area contributed by atoms with Crippen LogP contribution in [0.5, 0.6) is 0 Å². The summed E-state index contributed by atoms with van der Waals surface area (Å²) in [5.74, 6) is 0. The number of nitrogens with one attached hydrogen (secondary N) is 1. The molecule has 0 aromatic heterocycles. The number of carbonyl (C=O) groups excluding carboxylic acids is 1. The van der Waals surface area contributed by atoms with Gasteiger partial charge in [-0.3, -0.25) is 0 Å². The van der Waals surface area contributed by atoms with E-state index in [2.05, 4.69) is 11.9 Å². The van der Waals surface area contributed by atoms with E-state index in [0.717, 1.165) is 12.8 Å². The minimum atomic E-state index is -0.440. The topological polar surface area (TPSA) is 47.6 Å². The van der Waals surface area contributed by atoms with Gasteiger partial charge in [0, 0.05) is 18.9 Å². The fourth-order valence-corrected chi connectivity index (χ4v) is 1.40. The highest BCUT2D eigenvalue weighted by molar-refractivity contribution is 5.68. The molecule has 4 nitrogen and oxygen atoms in total. The SMILES string of the molecule is C=CO[C@H]1C[C@H](NC(=O)OC(C)(C)C)C1. The van der Waals surface area contributed by atoms with Crippen LogP contribution in [0.1, 0.15) is 33.6 Å². The zero-order valence-corrected chi connectivity index (χ0v) is 9.58. The van der Waals surface area contributed by atoms with E-state index in [1.807, 2.05) is 20.8 Å². The molecule has 0 aromatic rings. The number of rotatable bonds is 3. The molecule has 86 valence electrons. The summed E-state index contributed by atoms with van der Waals surface area (Å²) in [6.07, 6.45) is 2.93. The molecule has 0 heterocycles. The first-order chi connectivity index (χ1) is 6.90. The Kier molecular flexibility index (Phi) is 3.61. The first-order valence-corrected chi connectivity index (χ1v) is 5.16. The molecule has 0 unspecified atom stereocenters. The molecule has 0 radical (unpaired) electrons. The second-order valence-corrected chi connectivity index (χ2v) is 4.74. The van der Waals surface area contributed by atoms with E-state index < -0.39 is 5.60 Å². The first-order valence-electron chi connectivity index (χ1n) is 5.16. The maximum atomic E-state index is 11.3. The van der Waals surface area contributed by atoms with E-state index in [4.69, 9.17) is 9.47 Å². The van der Waals surface area contributed by atoms with Crippen LogP contribution in [0.4, 0.5) is 4.79 Å². The molecular formula is C11H19NO3. The van der Waals surface area contributed by atoms with Crippen molar-refractivity contribution in [2.24, 2.45) is 0 Å². The molecule has 15 heavy (non-hydrogen) atoms. The molecule has 1 aliphatic carbocycles. The van der Waals surface area contributed by atoms with Crippen molar-refractivity contribution in [1.29, 1.82) is 0 Å². The molecule has 1 saturated carbocycles. The molecular weight excluding hydrogens is 194 g/mol. The predicted octanol–water partition coefficient (Wildman–Crippen LogP) is 2.20. The van der Waals surface area contributed by atoms with Crippen molar-refractivity contribution in [3.63, 3.8) is 0 Å². The molecule has 1 fully saturated rings. The normalized spacial score (nSPS) is 25.0. The Balaban J connectivity index is 2.16. The van der Waals surface area contributed by atoms with Crippen LogP contribution >= 0.6 is 0 Å². The third-order valence-electron chi connectivity index (χ3n) is 2.10. The Morgan fingerprint density at radius 3 is 2.53 bits per heavy atom. The van der Waals surface area contributed by atoms with Crippen molar-refractivity contribution in [1.82, 2.24) is 5.32 Å². The Morgan fingerprint density at radius 1 is 1.47 bits per heavy atom. The third kappa shape index (κ3) is 4.23. The Bertz CT molecular complexity index is 239. The minimum Gasteiger partial charge on any atom is -0.498 e. The van der Waals surface area contributed by atoms with Crippen molar-refractivity contribution in [2.75, 3.05) is 0 Å². The van der Waals surface area contributed by atoms with Crippen LogP contribution in [0.2, 0.25) is 0 Å². The second-order valence-electron chi connectivity index (χ2n) is 4.74. The summed E-state index contributed by atoms with van der Waals surface area (Å²) in [5, 5.41) is 2.79. The van der Waals surface area contributed by atoms with Gasteiger partial charge in [-0.25, -0.2) is 4.79 Å². The largest absolute Gasteiger partial charge is 0.498 e. The van der Waals surface area contributed by atoms with Gasteiger partial charge in [-0.05, 0) is 20.8 Å². The molecule has 0 bridgehead atoms. The number of hydrogen-bond acceptors (Lipinski definition) is 3. The highest BCUT2D eigenvalue weighted by Crippen LogP contribution is 2.23. The van der Waals surface area contributed by atoms with Crippen molar-refractivity contribution in [3.05, 3.63) is 12.8 Å². The van der Waals surface area contributed by atoms with E-state index in [-0.39, 0.29) is 18.2 Å². The fourth-order valence-electron chi connectivity index (χ4n) is 1.40. The summed E-state index contributed by atoms with van der Waals surface area (Å²) in [7, 11) is 0. The quantitative estimate of drug-likeness (QED) is 0.731. The van der Waals surface area contributed by atoms with Crippen molar-refractivity contribution < 1.29 is 14.3 Å². The van der Waals surface area contributed by atoms with Crippen LogP contribution in [-0.2, 0) is 9.47 Å². The van der Waals surface area contributed by atoms with Crippen LogP contribution in [0, 0.1) is 0 Å². The molecule has 0 aromatic carbocycles. The molecule has 0 atom stereocenters. The lowest BCUT2D eigenvalue weighted by Gasteiger charge is -2.35. The average molecular weight is 213 g/mol. The van der Waals surface area contributed by atoms with Crippen LogP contribution < -0.4 is 5.32 Å². The van der Waals surface area contributed by atoms with Gasteiger partial charge in [-0.2, -0.15) is 0 Å². The lowest BCUT2D eigenvalue weighted by Crippen LogP contribution is -2.48. The average Bonchev–Trinajstić information content (AvgIpc) is 1.97. The van der Waals surface area contributed by atoms with Crippen LogP contribution in [0.25, 0.3) is 0 Å². The number of hydrogen-bond donors (Lipinski definition) is 1. The number of amides is 1. The van der Waals surface area contributed by atoms with Gasteiger partial charge in [-0.15, -0.1) is 0 Å². The van der Waals surface area contributed by atoms with Gasteiger partial charge in [0.25, 0.3) is 0 Å². The monoisotopic (exact) mass is 213 g/mol. The van der Waals surface area contributed by atoms with Crippen LogP contribution in [-0.4, -0.2) is 23.8 Å². The van der Waals surface area contributed by atoms with Crippen molar-refractivity contribution >= 4 is 6.09 Å². The zero-order chi connectivity index (χ0) is 11.5. The molecule has 4 heteroatoms. The predicted molar refractivity (Wildman–Crippen MR) is 57.5 cm³/mol. The summed E-state index contributed by atoms with van der Waals surface area (Å²) in [5.41, 5.74) is -0.440. The molecule has 1 aliphatic rings. The zero-order valence-electron chi connectivity index (χ0n) is 9.58. The summed E-state index contributed by atoms with van der Waals surface area (Å²) in [6, 6.07) is 0.171. The van der Waals surface area contributed by atoms with Gasteiger partial charge in [-0.1, -0.05) is 6.58 Å². The van der Waals surface area contributed by atoms with E-state index in [9.17, 15) is 4.79 Å². The molecule has 0 spiro atoms. The summed E-state index contributed by atoms with van der Waals surface area (Å²) < 4.78 is 10.3. The summed E-state index contributed by atoms with van der Waals surface area (Å²) in [6.45, 7) is 9.02. The van der Waals surface area contributed by atoms with Gasteiger partial charge >= 0.3 is 6.09 Å². The van der Waals surface area contributed by atoms with Crippen molar-refractivity contribution in [2.45, 2.75) is 51.4 Å². The lowest BCUT2D eigenvalue weighted by atomic mass is 9.89. The smallest absolute Gasteiger partial charge is 0.407 e. The van der Waals surface area contributed by atoms with Gasteiger partial charge in [0.15, 0.2) is 0 Å². The van der Waals surface area contributed by atoms with Gasteiger partial charge in [0.1, 0.15) is 11.7 Å². The van der Waals surface area contributed by atoms with Crippen LogP contribution in [0.3, 0.4) is 0 Å². The maximum absolute atomic E-state index is 11.3. The molecule has 0 aliphatic heterocycles. The second kappa shape index (κ2) is 4.55. The standard InChI is InChI=1S/C11H19NO3/c1-5-14-9-6-8(7-9)12-10(13)15-11(2,3)4/h5,8-9H,1,6-7H2,2-4H3,(H,12,13)/t8-,9-. The Morgan fingerprint density at radius 2 is 2.07 bits per heavy atom. The fraction of sp³-hybridized carbons (Fsp3) is 0.727. The van der Waals surface area contributed by atoms with E-state index in [1.54, 1.807) is 0 Å². The van der Waals surface area contributed by atoms with E-state index >= 15 is 0 Å². The van der Waals surface area contributed by atoms with Gasteiger partial charge in [0.2, 0.25) is 0 Å². The lowest BCUT2D eigenvalue weighted by molar-refractivity contribution is 0.0243. The summed E-state index contributed by atoms with van der Waals surface area (Å²) >= 11 is 0. The number of ether oxygens (including phenoxy) is 2. The van der Waals surface area contributed by atoms with E-state index in [0.29, 0.717) is 0 Å². The molecule has 0 saturated heterocycles. The number of carbonyl (C=O) groups is 1. The Labute approximate surface area is 90.6 Å².